The summed E-state index contributed by atoms with van der Waals surface area (Å²) in [6.07, 6.45) is -1.94. The lowest BCUT2D eigenvalue weighted by molar-refractivity contribution is -0.274. The summed E-state index contributed by atoms with van der Waals surface area (Å²) in [7, 11) is 0. The molecule has 0 saturated carbocycles. The van der Waals surface area contributed by atoms with Crippen LogP contribution >= 0.6 is 0 Å². The van der Waals surface area contributed by atoms with E-state index in [-0.39, 0.29) is 17.7 Å². The highest BCUT2D eigenvalue weighted by atomic mass is 19.4. The van der Waals surface area contributed by atoms with Gasteiger partial charge >= 0.3 is 6.36 Å². The molecule has 1 aromatic heterocycles. The molecule has 2 rings (SSSR count). The Labute approximate surface area is 130 Å². The van der Waals surface area contributed by atoms with Crippen LogP contribution in [0, 0.1) is 0 Å². The number of benzene rings is 1. The van der Waals surface area contributed by atoms with Crippen molar-refractivity contribution in [3.63, 3.8) is 0 Å². The van der Waals surface area contributed by atoms with Crippen LogP contribution < -0.4 is 15.8 Å². The molecule has 0 fully saturated rings. The SMILES string of the molecule is CC(CCc1ccc(OC(F)(F)F)cc1)Nc1ncnc(N)n1. The van der Waals surface area contributed by atoms with Crippen molar-refractivity contribution in [3.05, 3.63) is 36.2 Å². The van der Waals surface area contributed by atoms with Crippen molar-refractivity contribution in [2.75, 3.05) is 11.1 Å². The molecule has 1 atom stereocenters. The Morgan fingerprint density at radius 1 is 1.22 bits per heavy atom. The Morgan fingerprint density at radius 2 is 1.91 bits per heavy atom. The quantitative estimate of drug-likeness (QED) is 0.848. The fourth-order valence-electron chi connectivity index (χ4n) is 1.91. The van der Waals surface area contributed by atoms with Crippen LogP contribution in [0.5, 0.6) is 5.75 Å². The second-order valence-electron chi connectivity index (χ2n) is 4.94. The highest BCUT2D eigenvalue weighted by Gasteiger charge is 2.30. The van der Waals surface area contributed by atoms with Crippen molar-refractivity contribution in [2.24, 2.45) is 0 Å². The average Bonchev–Trinajstić information content (AvgIpc) is 2.45. The number of hydrogen-bond acceptors (Lipinski definition) is 6. The lowest BCUT2D eigenvalue weighted by atomic mass is 10.1. The van der Waals surface area contributed by atoms with Crippen LogP contribution in [0.2, 0.25) is 0 Å². The van der Waals surface area contributed by atoms with Crippen molar-refractivity contribution in [1.29, 1.82) is 0 Å². The number of anilines is 2. The number of nitrogens with one attached hydrogen (secondary N) is 1. The molecule has 0 aliphatic carbocycles. The molecular formula is C14H16F3N5O. The predicted molar refractivity (Wildman–Crippen MR) is 78.8 cm³/mol. The predicted octanol–water partition coefficient (Wildman–Crippen LogP) is 2.79. The highest BCUT2D eigenvalue weighted by Crippen LogP contribution is 2.23. The molecule has 0 amide bonds. The summed E-state index contributed by atoms with van der Waals surface area (Å²) in [6.45, 7) is 1.95. The smallest absolute Gasteiger partial charge is 0.406 e. The summed E-state index contributed by atoms with van der Waals surface area (Å²) in [6, 6.07) is 5.87. The number of hydrogen-bond donors (Lipinski definition) is 2. The standard InChI is InChI=1S/C14H16F3N5O/c1-9(21-13-20-8-19-12(18)22-13)2-3-10-4-6-11(7-5-10)23-14(15,16)17/h4-9H,2-3H2,1H3,(H3,18,19,20,21,22). The van der Waals surface area contributed by atoms with E-state index in [4.69, 9.17) is 5.73 Å². The van der Waals surface area contributed by atoms with Gasteiger partial charge in [0.1, 0.15) is 12.1 Å². The van der Waals surface area contributed by atoms with E-state index < -0.39 is 6.36 Å². The molecule has 0 spiro atoms. The van der Waals surface area contributed by atoms with Crippen molar-refractivity contribution in [2.45, 2.75) is 32.2 Å². The summed E-state index contributed by atoms with van der Waals surface area (Å²) in [4.78, 5) is 11.6. The number of alkyl halides is 3. The van der Waals surface area contributed by atoms with Gasteiger partial charge in [0.05, 0.1) is 0 Å². The van der Waals surface area contributed by atoms with Gasteiger partial charge in [-0.3, -0.25) is 0 Å². The number of aromatic nitrogens is 3. The molecule has 23 heavy (non-hydrogen) atoms. The second kappa shape index (κ2) is 7.12. The molecule has 3 N–H and O–H groups in total. The van der Waals surface area contributed by atoms with E-state index in [0.717, 1.165) is 12.0 Å². The Morgan fingerprint density at radius 3 is 2.52 bits per heavy atom. The maximum absolute atomic E-state index is 12.1. The molecule has 0 saturated heterocycles. The molecule has 1 aromatic carbocycles. The van der Waals surface area contributed by atoms with Crippen LogP contribution in [0.25, 0.3) is 0 Å². The minimum absolute atomic E-state index is 0.0582. The molecule has 9 heteroatoms. The monoisotopic (exact) mass is 327 g/mol. The summed E-state index contributed by atoms with van der Waals surface area (Å²) in [5.74, 6) is 0.293. The van der Waals surface area contributed by atoms with E-state index in [9.17, 15) is 13.2 Å². The van der Waals surface area contributed by atoms with Crippen LogP contribution in [0.3, 0.4) is 0 Å². The molecule has 6 nitrogen and oxygen atoms in total. The zero-order chi connectivity index (χ0) is 16.9. The third-order valence-electron chi connectivity index (χ3n) is 2.99. The Hall–Kier alpha value is -2.58. The van der Waals surface area contributed by atoms with Gasteiger partial charge in [0.25, 0.3) is 0 Å². The summed E-state index contributed by atoms with van der Waals surface area (Å²) in [5, 5.41) is 3.08. The normalized spacial score (nSPS) is 12.7. The first-order chi connectivity index (χ1) is 10.8. The molecule has 0 aliphatic heterocycles. The maximum Gasteiger partial charge on any atom is 0.573 e. The van der Waals surface area contributed by atoms with Gasteiger partial charge < -0.3 is 15.8 Å². The number of nitrogen functional groups attached to an aromatic ring is 1. The summed E-state index contributed by atoms with van der Waals surface area (Å²) >= 11 is 0. The fraction of sp³-hybridized carbons (Fsp3) is 0.357. The van der Waals surface area contributed by atoms with E-state index >= 15 is 0 Å². The molecular weight excluding hydrogens is 311 g/mol. The van der Waals surface area contributed by atoms with Gasteiger partial charge in [-0.05, 0) is 37.5 Å². The topological polar surface area (TPSA) is 86.0 Å². The number of nitrogens with zero attached hydrogens (tertiary/aromatic N) is 3. The van der Waals surface area contributed by atoms with Crippen molar-refractivity contribution < 1.29 is 17.9 Å². The lowest BCUT2D eigenvalue weighted by Crippen LogP contribution is -2.18. The summed E-state index contributed by atoms with van der Waals surface area (Å²) in [5.41, 5.74) is 6.37. The van der Waals surface area contributed by atoms with Crippen LogP contribution in [-0.2, 0) is 6.42 Å². The first-order valence-corrected chi connectivity index (χ1v) is 6.87. The lowest BCUT2D eigenvalue weighted by Gasteiger charge is -2.14. The van der Waals surface area contributed by atoms with Crippen LogP contribution in [0.4, 0.5) is 25.1 Å². The van der Waals surface area contributed by atoms with E-state index in [1.807, 2.05) is 6.92 Å². The second-order valence-corrected chi connectivity index (χ2v) is 4.94. The first kappa shape index (κ1) is 16.8. The van der Waals surface area contributed by atoms with Crippen LogP contribution in [-0.4, -0.2) is 27.4 Å². The van der Waals surface area contributed by atoms with Crippen molar-refractivity contribution in [3.8, 4) is 5.75 Å². The number of nitrogens with two attached hydrogens (primary N) is 1. The van der Waals surface area contributed by atoms with Gasteiger partial charge in [-0.2, -0.15) is 4.98 Å². The molecule has 2 aromatic rings. The number of ether oxygens (including phenoxy) is 1. The number of aryl methyl sites for hydroxylation is 1. The van der Waals surface area contributed by atoms with Gasteiger partial charge in [-0.1, -0.05) is 12.1 Å². The highest BCUT2D eigenvalue weighted by molar-refractivity contribution is 5.30. The molecule has 1 unspecified atom stereocenters. The largest absolute Gasteiger partial charge is 0.573 e. The van der Waals surface area contributed by atoms with Crippen LogP contribution in [0.15, 0.2) is 30.6 Å². The van der Waals surface area contributed by atoms with E-state index in [2.05, 4.69) is 25.0 Å². The third kappa shape index (κ3) is 5.97. The van der Waals surface area contributed by atoms with E-state index in [1.54, 1.807) is 12.1 Å². The number of rotatable bonds is 6. The zero-order valence-electron chi connectivity index (χ0n) is 12.3. The number of halogens is 3. The van der Waals surface area contributed by atoms with Gasteiger partial charge in [0.2, 0.25) is 11.9 Å². The van der Waals surface area contributed by atoms with Gasteiger partial charge in [-0.25, -0.2) is 9.97 Å². The van der Waals surface area contributed by atoms with Gasteiger partial charge in [0, 0.05) is 6.04 Å². The third-order valence-corrected chi connectivity index (χ3v) is 2.99. The van der Waals surface area contributed by atoms with Crippen molar-refractivity contribution >= 4 is 11.9 Å². The summed E-state index contributed by atoms with van der Waals surface area (Å²) < 4.78 is 40.1. The van der Waals surface area contributed by atoms with E-state index in [0.29, 0.717) is 12.4 Å². The Balaban J connectivity index is 1.83. The minimum Gasteiger partial charge on any atom is -0.406 e. The van der Waals surface area contributed by atoms with Crippen molar-refractivity contribution in [1.82, 2.24) is 15.0 Å². The van der Waals surface area contributed by atoms with Gasteiger partial charge in [0.15, 0.2) is 0 Å². The Kier molecular flexibility index (Phi) is 5.20. The average molecular weight is 327 g/mol. The first-order valence-electron chi connectivity index (χ1n) is 6.87. The van der Waals surface area contributed by atoms with Gasteiger partial charge in [-0.15, -0.1) is 13.2 Å². The maximum atomic E-state index is 12.1. The van der Waals surface area contributed by atoms with Crippen LogP contribution in [0.1, 0.15) is 18.9 Å². The minimum atomic E-state index is -4.67. The molecule has 0 aliphatic rings. The molecule has 0 radical (unpaired) electrons. The Bertz CT molecular complexity index is 633. The fourth-order valence-corrected chi connectivity index (χ4v) is 1.91. The molecule has 1 heterocycles. The zero-order valence-corrected chi connectivity index (χ0v) is 12.3. The van der Waals surface area contributed by atoms with E-state index in [1.165, 1.54) is 18.5 Å². The molecule has 0 bridgehead atoms. The molecule has 124 valence electrons.